The predicted molar refractivity (Wildman–Crippen MR) is 109 cm³/mol. The first-order chi connectivity index (χ1) is 11.3. The monoisotopic (exact) mass is 386 g/mol. The number of pyridine rings is 1. The Bertz CT molecular complexity index is 698. The molecule has 1 heterocycles. The van der Waals surface area contributed by atoms with Gasteiger partial charge in [-0.3, -0.25) is 0 Å². The molecule has 0 saturated heterocycles. The van der Waals surface area contributed by atoms with E-state index in [0.717, 1.165) is 0 Å². The average Bonchev–Trinajstić information content (AvgIpc) is 2.52. The molecule has 0 fully saturated rings. The summed E-state index contributed by atoms with van der Waals surface area (Å²) in [6.45, 7) is 6.88. The Labute approximate surface area is 151 Å². The van der Waals surface area contributed by atoms with Crippen molar-refractivity contribution in [3.8, 4) is 11.3 Å². The second kappa shape index (κ2) is 7.86. The van der Waals surface area contributed by atoms with Gasteiger partial charge in [0.15, 0.2) is 0 Å². The summed E-state index contributed by atoms with van der Waals surface area (Å²) >= 11 is -1.91. The van der Waals surface area contributed by atoms with E-state index >= 15 is 0 Å². The molecule has 0 saturated carbocycles. The minimum absolute atomic E-state index is 0.693. The van der Waals surface area contributed by atoms with Crippen LogP contribution >= 0.6 is 0 Å². The van der Waals surface area contributed by atoms with Crippen LogP contribution in [0.4, 0.5) is 0 Å². The fourth-order valence-electron chi connectivity index (χ4n) is 3.69. The van der Waals surface area contributed by atoms with Crippen LogP contribution in [0, 0.1) is 6.92 Å². The maximum atomic E-state index is 2.52. The molecule has 0 N–H and O–H groups in total. The normalized spacial score (nSPS) is 13.1. The van der Waals surface area contributed by atoms with Crippen LogP contribution in [0.25, 0.3) is 11.3 Å². The molecule has 2 rings (SSSR count). The molecule has 1 atom stereocenters. The van der Waals surface area contributed by atoms with E-state index in [1.165, 1.54) is 36.1 Å². The number of hydrogen-bond acceptors (Lipinski definition) is 0. The summed E-state index contributed by atoms with van der Waals surface area (Å²) in [6, 6.07) is 11.3. The number of aryl methyl sites for hydroxylation is 2. The fraction of sp³-hybridized carbons (Fsp3) is 0.500. The maximum absolute atomic E-state index is 2.52. The molecule has 0 aliphatic carbocycles. The van der Waals surface area contributed by atoms with Crippen LogP contribution in [0.1, 0.15) is 50.2 Å². The van der Waals surface area contributed by atoms with E-state index in [2.05, 4.69) is 86.2 Å². The molecule has 0 amide bonds. The molecule has 0 bridgehead atoms. The number of rotatable bonds is 6. The first kappa shape index (κ1) is 19.2. The van der Waals surface area contributed by atoms with Gasteiger partial charge >= 0.3 is 151 Å². The molecule has 2 aromatic rings. The predicted octanol–water partition coefficient (Wildman–Crippen LogP) is 5.33. The molecule has 2 heteroatoms. The summed E-state index contributed by atoms with van der Waals surface area (Å²) in [5, 5.41) is 0. The van der Waals surface area contributed by atoms with Crippen molar-refractivity contribution in [2.75, 3.05) is 0 Å². The Hall–Kier alpha value is -1.09. The Kier molecular flexibility index (Phi) is 6.30. The van der Waals surface area contributed by atoms with Crippen molar-refractivity contribution in [3.05, 3.63) is 47.7 Å². The summed E-state index contributed by atoms with van der Waals surface area (Å²) in [7, 11) is 2.21. The molecule has 0 aliphatic rings. The fourth-order valence-corrected chi connectivity index (χ4v) is 7.30. The molecule has 130 valence electrons. The molecule has 0 aliphatic heterocycles. The quantitative estimate of drug-likeness (QED) is 0.468. The third-order valence-electron chi connectivity index (χ3n) is 5.10. The van der Waals surface area contributed by atoms with Crippen LogP contribution < -0.4 is 8.96 Å². The average molecular weight is 385 g/mol. The standard InChI is InChI=1S/C22H34GeN/c1-8-12-18(9-2)20-15-22(19-14-11-10-13-17(19)3)24(7)16-21(20)23(4,5)6/h10-11,13-16,18H,8-9,12H2,1-7H3/q+1. The summed E-state index contributed by atoms with van der Waals surface area (Å²) in [5.74, 6) is 8.25. The molecule has 1 nitrogen and oxygen atoms in total. The van der Waals surface area contributed by atoms with Crippen molar-refractivity contribution in [2.45, 2.75) is 63.2 Å². The molecule has 1 aromatic carbocycles. The van der Waals surface area contributed by atoms with E-state index in [0.29, 0.717) is 5.92 Å². The first-order valence-corrected chi connectivity index (χ1v) is 16.7. The Morgan fingerprint density at radius 2 is 1.75 bits per heavy atom. The number of hydrogen-bond donors (Lipinski definition) is 0. The molecule has 1 unspecified atom stereocenters. The molecular formula is C22H34GeN+. The van der Waals surface area contributed by atoms with Crippen LogP contribution in [0.2, 0.25) is 17.3 Å². The molecular weight excluding hydrogens is 351 g/mol. The van der Waals surface area contributed by atoms with Crippen LogP contribution in [0.15, 0.2) is 36.5 Å². The second-order valence-corrected chi connectivity index (χ2v) is 18.7. The SMILES string of the molecule is CCCC(CC)c1cc(-c2ccccc2C)[n+](C)c[c]1[Ge]([CH3])([CH3])[CH3]. The minimum atomic E-state index is -1.91. The zero-order valence-corrected chi connectivity index (χ0v) is 18.7. The third kappa shape index (κ3) is 4.11. The molecule has 24 heavy (non-hydrogen) atoms. The van der Waals surface area contributed by atoms with Crippen molar-refractivity contribution in [1.82, 2.24) is 0 Å². The van der Waals surface area contributed by atoms with E-state index in [9.17, 15) is 0 Å². The number of benzene rings is 1. The molecule has 0 spiro atoms. The number of aromatic nitrogens is 1. The molecule has 0 radical (unpaired) electrons. The van der Waals surface area contributed by atoms with Gasteiger partial charge in [-0.1, -0.05) is 0 Å². The van der Waals surface area contributed by atoms with Crippen LogP contribution in [-0.2, 0) is 7.05 Å². The second-order valence-electron chi connectivity index (χ2n) is 8.10. The van der Waals surface area contributed by atoms with Gasteiger partial charge in [-0.15, -0.1) is 0 Å². The van der Waals surface area contributed by atoms with Gasteiger partial charge in [0.05, 0.1) is 0 Å². The van der Waals surface area contributed by atoms with Crippen LogP contribution in [0.3, 0.4) is 0 Å². The van der Waals surface area contributed by atoms with E-state index in [-0.39, 0.29) is 0 Å². The number of nitrogens with zero attached hydrogens (tertiary/aromatic N) is 1. The first-order valence-electron chi connectivity index (χ1n) is 9.39. The van der Waals surface area contributed by atoms with Crippen molar-refractivity contribution in [1.29, 1.82) is 0 Å². The van der Waals surface area contributed by atoms with Crippen LogP contribution in [-0.4, -0.2) is 13.3 Å². The topological polar surface area (TPSA) is 3.88 Å². The third-order valence-corrected chi connectivity index (χ3v) is 9.37. The van der Waals surface area contributed by atoms with Gasteiger partial charge < -0.3 is 0 Å². The van der Waals surface area contributed by atoms with Crippen LogP contribution in [0.5, 0.6) is 0 Å². The molecule has 1 aromatic heterocycles. The van der Waals surface area contributed by atoms with E-state index in [1.54, 1.807) is 9.96 Å². The van der Waals surface area contributed by atoms with Gasteiger partial charge in [0, 0.05) is 0 Å². The van der Waals surface area contributed by atoms with E-state index < -0.39 is 13.3 Å². The van der Waals surface area contributed by atoms with Gasteiger partial charge in [0.2, 0.25) is 0 Å². The van der Waals surface area contributed by atoms with Crippen molar-refractivity contribution >= 4 is 17.7 Å². The summed E-state index contributed by atoms with van der Waals surface area (Å²) in [4.78, 5) is 0. The van der Waals surface area contributed by atoms with Crippen molar-refractivity contribution in [3.63, 3.8) is 0 Å². The van der Waals surface area contributed by atoms with E-state index in [4.69, 9.17) is 0 Å². The Balaban J connectivity index is 2.70. The van der Waals surface area contributed by atoms with Gasteiger partial charge in [-0.05, 0) is 0 Å². The summed E-state index contributed by atoms with van der Waals surface area (Å²) < 4.78 is 4.03. The van der Waals surface area contributed by atoms with Gasteiger partial charge in [-0.2, -0.15) is 0 Å². The van der Waals surface area contributed by atoms with Gasteiger partial charge in [0.25, 0.3) is 0 Å². The van der Waals surface area contributed by atoms with Crippen molar-refractivity contribution < 1.29 is 4.57 Å². The summed E-state index contributed by atoms with van der Waals surface area (Å²) in [6.07, 6.45) is 6.24. The zero-order valence-electron chi connectivity index (χ0n) is 16.6. The Morgan fingerprint density at radius 3 is 2.29 bits per heavy atom. The van der Waals surface area contributed by atoms with Gasteiger partial charge in [0.1, 0.15) is 0 Å². The van der Waals surface area contributed by atoms with Gasteiger partial charge in [-0.25, -0.2) is 0 Å². The Morgan fingerprint density at radius 1 is 1.08 bits per heavy atom. The summed E-state index contributed by atoms with van der Waals surface area (Å²) in [5.41, 5.74) is 5.70. The zero-order chi connectivity index (χ0) is 17.9. The van der Waals surface area contributed by atoms with E-state index in [1.807, 2.05) is 0 Å². The van der Waals surface area contributed by atoms with Crippen molar-refractivity contribution in [2.24, 2.45) is 7.05 Å².